The van der Waals surface area contributed by atoms with Gasteiger partial charge in [-0.05, 0) is 6.92 Å². The van der Waals surface area contributed by atoms with Crippen LogP contribution in [0.1, 0.15) is 11.1 Å². The van der Waals surface area contributed by atoms with Gasteiger partial charge in [0.15, 0.2) is 0 Å². The highest BCUT2D eigenvalue weighted by Gasteiger charge is 1.93. The summed E-state index contributed by atoms with van der Waals surface area (Å²) in [5.74, 6) is 0. The van der Waals surface area contributed by atoms with Gasteiger partial charge in [0.05, 0.1) is 5.70 Å². The largest absolute Gasteiger partial charge is 0.513 e. The normalized spacial score (nSPS) is 11.5. The number of hydrogen-bond donors (Lipinski definition) is 2. The molecule has 0 aromatic heterocycles. The van der Waals surface area contributed by atoms with Crippen LogP contribution in [0.2, 0.25) is 0 Å². The summed E-state index contributed by atoms with van der Waals surface area (Å²) in [6.45, 7) is 2.00. The zero-order valence-electron chi connectivity index (χ0n) is 6.41. The minimum atomic E-state index is 0.394. The van der Waals surface area contributed by atoms with Crippen molar-refractivity contribution < 1.29 is 5.11 Å². The first-order chi connectivity index (χ1) is 5.24. The summed E-state index contributed by atoms with van der Waals surface area (Å²) in [6, 6.07) is 7.64. The van der Waals surface area contributed by atoms with Crippen LogP contribution in [0.3, 0.4) is 0 Å². The molecule has 0 bridgehead atoms. The van der Waals surface area contributed by atoms with E-state index in [1.54, 1.807) is 0 Å². The lowest BCUT2D eigenvalue weighted by atomic mass is 10.1. The third kappa shape index (κ3) is 1.74. The Morgan fingerprint density at radius 2 is 1.91 bits per heavy atom. The van der Waals surface area contributed by atoms with Crippen LogP contribution < -0.4 is 5.73 Å². The minimum absolute atomic E-state index is 0.394. The number of benzene rings is 1. The molecule has 0 amide bonds. The van der Waals surface area contributed by atoms with Crippen LogP contribution >= 0.6 is 0 Å². The topological polar surface area (TPSA) is 46.2 Å². The zero-order chi connectivity index (χ0) is 8.27. The van der Waals surface area contributed by atoms with E-state index in [2.05, 4.69) is 0 Å². The van der Waals surface area contributed by atoms with Crippen LogP contribution in [-0.4, -0.2) is 5.11 Å². The lowest BCUT2D eigenvalue weighted by molar-refractivity contribution is 0.475. The Hall–Kier alpha value is -1.44. The van der Waals surface area contributed by atoms with E-state index in [-0.39, 0.29) is 0 Å². The molecule has 0 aliphatic rings. The third-order valence-electron chi connectivity index (χ3n) is 1.52. The minimum Gasteiger partial charge on any atom is -0.513 e. The maximum Gasteiger partial charge on any atom is 0.103 e. The van der Waals surface area contributed by atoms with Gasteiger partial charge in [-0.2, -0.15) is 0 Å². The van der Waals surface area contributed by atoms with Crippen LogP contribution in [-0.2, 0) is 0 Å². The Labute approximate surface area is 66.0 Å². The molecule has 0 radical (unpaired) electrons. The van der Waals surface area contributed by atoms with Crippen molar-refractivity contribution in [2.24, 2.45) is 5.73 Å². The summed E-state index contributed by atoms with van der Waals surface area (Å²) in [5.41, 5.74) is 7.87. The molecule has 2 heteroatoms. The quantitative estimate of drug-likeness (QED) is 0.598. The molecule has 0 aliphatic heterocycles. The van der Waals surface area contributed by atoms with Crippen molar-refractivity contribution in [1.29, 1.82) is 0 Å². The second-order valence-corrected chi connectivity index (χ2v) is 2.45. The molecule has 0 saturated carbocycles. The van der Waals surface area contributed by atoms with Crippen molar-refractivity contribution >= 4 is 5.70 Å². The zero-order valence-corrected chi connectivity index (χ0v) is 6.41. The number of hydrogen-bond acceptors (Lipinski definition) is 2. The fraction of sp³-hybridized carbons (Fsp3) is 0.111. The molecule has 1 aromatic carbocycles. The average molecular weight is 149 g/mol. The van der Waals surface area contributed by atoms with Crippen molar-refractivity contribution in [2.45, 2.75) is 6.92 Å². The highest BCUT2D eigenvalue weighted by atomic mass is 16.2. The summed E-state index contributed by atoms with van der Waals surface area (Å²) in [6.07, 6.45) is 0.907. The lowest BCUT2D eigenvalue weighted by Crippen LogP contribution is -1.95. The predicted molar refractivity (Wildman–Crippen MR) is 46.0 cm³/mol. The summed E-state index contributed by atoms with van der Waals surface area (Å²) >= 11 is 0. The molecule has 0 unspecified atom stereocenters. The van der Waals surface area contributed by atoms with Crippen molar-refractivity contribution in [2.75, 3.05) is 0 Å². The third-order valence-corrected chi connectivity index (χ3v) is 1.52. The molecule has 0 aliphatic carbocycles. The van der Waals surface area contributed by atoms with Gasteiger partial charge in [0.1, 0.15) is 6.26 Å². The van der Waals surface area contributed by atoms with E-state index in [0.29, 0.717) is 5.70 Å². The monoisotopic (exact) mass is 149 g/mol. The second kappa shape index (κ2) is 3.10. The molecule has 11 heavy (non-hydrogen) atoms. The van der Waals surface area contributed by atoms with Crippen LogP contribution in [0.5, 0.6) is 0 Å². The molecule has 0 spiro atoms. The lowest BCUT2D eigenvalue weighted by Gasteiger charge is -1.99. The van der Waals surface area contributed by atoms with Crippen molar-refractivity contribution in [3.05, 3.63) is 41.7 Å². The van der Waals surface area contributed by atoms with Gasteiger partial charge >= 0.3 is 0 Å². The molecule has 1 rings (SSSR count). The van der Waals surface area contributed by atoms with Crippen LogP contribution in [0.15, 0.2) is 30.5 Å². The Kier molecular flexibility index (Phi) is 2.16. The van der Waals surface area contributed by atoms with E-state index in [4.69, 9.17) is 10.8 Å². The number of rotatable bonds is 1. The van der Waals surface area contributed by atoms with Crippen molar-refractivity contribution in [1.82, 2.24) is 0 Å². The molecule has 0 saturated heterocycles. The highest BCUT2D eigenvalue weighted by Crippen LogP contribution is 2.08. The van der Waals surface area contributed by atoms with Gasteiger partial charge < -0.3 is 10.8 Å². The van der Waals surface area contributed by atoms with Gasteiger partial charge in [0, 0.05) is 5.56 Å². The Morgan fingerprint density at radius 3 is 2.36 bits per heavy atom. The Balaban J connectivity index is 2.99. The van der Waals surface area contributed by atoms with Gasteiger partial charge in [-0.1, -0.05) is 29.8 Å². The van der Waals surface area contributed by atoms with E-state index >= 15 is 0 Å². The summed E-state index contributed by atoms with van der Waals surface area (Å²) in [5, 5.41) is 8.57. The van der Waals surface area contributed by atoms with Crippen LogP contribution in [0, 0.1) is 6.92 Å². The van der Waals surface area contributed by atoms with Crippen molar-refractivity contribution in [3.8, 4) is 0 Å². The summed E-state index contributed by atoms with van der Waals surface area (Å²) < 4.78 is 0. The first kappa shape index (κ1) is 7.66. The van der Waals surface area contributed by atoms with Crippen molar-refractivity contribution in [3.63, 3.8) is 0 Å². The summed E-state index contributed by atoms with van der Waals surface area (Å²) in [7, 11) is 0. The number of aryl methyl sites for hydroxylation is 1. The molecular formula is C9H11NO. The molecule has 2 nitrogen and oxygen atoms in total. The molecule has 1 aromatic rings. The van der Waals surface area contributed by atoms with Crippen LogP contribution in [0.25, 0.3) is 5.70 Å². The molecule has 0 heterocycles. The first-order valence-electron chi connectivity index (χ1n) is 3.41. The SMILES string of the molecule is Cc1ccc(/C(N)=C/O)cc1. The van der Waals surface area contributed by atoms with Gasteiger partial charge in [-0.25, -0.2) is 0 Å². The average Bonchev–Trinajstić information content (AvgIpc) is 2.05. The predicted octanol–water partition coefficient (Wildman–Crippen LogP) is 1.81. The van der Waals surface area contributed by atoms with Gasteiger partial charge in [-0.3, -0.25) is 0 Å². The van der Waals surface area contributed by atoms with E-state index in [1.807, 2.05) is 31.2 Å². The Morgan fingerprint density at radius 1 is 1.36 bits per heavy atom. The first-order valence-corrected chi connectivity index (χ1v) is 3.41. The maximum atomic E-state index is 8.57. The second-order valence-electron chi connectivity index (χ2n) is 2.45. The van der Waals surface area contributed by atoms with E-state index in [9.17, 15) is 0 Å². The standard InChI is InChI=1S/C9H11NO/c1-7-2-4-8(5-3-7)9(10)6-11/h2-6,11H,10H2,1H3/b9-6-. The molecule has 0 fully saturated rings. The van der Waals surface area contributed by atoms with Gasteiger partial charge in [-0.15, -0.1) is 0 Å². The van der Waals surface area contributed by atoms with E-state index in [1.165, 1.54) is 5.56 Å². The molecule has 58 valence electrons. The molecule has 3 N–H and O–H groups in total. The highest BCUT2D eigenvalue weighted by molar-refractivity contribution is 5.61. The van der Waals surface area contributed by atoms with Crippen LogP contribution in [0.4, 0.5) is 0 Å². The molecular weight excluding hydrogens is 138 g/mol. The molecule has 0 atom stereocenters. The fourth-order valence-electron chi connectivity index (χ4n) is 0.821. The van der Waals surface area contributed by atoms with Gasteiger partial charge in [0.2, 0.25) is 0 Å². The fourth-order valence-corrected chi connectivity index (χ4v) is 0.821. The number of aliphatic hydroxyl groups is 1. The van der Waals surface area contributed by atoms with E-state index in [0.717, 1.165) is 11.8 Å². The number of nitrogens with two attached hydrogens (primary N) is 1. The van der Waals surface area contributed by atoms with Gasteiger partial charge in [0.25, 0.3) is 0 Å². The Bertz CT molecular complexity index is 261. The number of aliphatic hydroxyl groups excluding tert-OH is 1. The smallest absolute Gasteiger partial charge is 0.103 e. The maximum absolute atomic E-state index is 8.57. The summed E-state index contributed by atoms with van der Waals surface area (Å²) in [4.78, 5) is 0. The van der Waals surface area contributed by atoms with E-state index < -0.39 is 0 Å².